The van der Waals surface area contributed by atoms with Crippen molar-refractivity contribution in [3.05, 3.63) is 59.9 Å². The van der Waals surface area contributed by atoms with Crippen LogP contribution in [-0.2, 0) is 22.7 Å². The molecule has 0 unspecified atom stereocenters. The summed E-state index contributed by atoms with van der Waals surface area (Å²) in [5.41, 5.74) is 10.1. The van der Waals surface area contributed by atoms with Gasteiger partial charge >= 0.3 is 11.9 Å². The molecule has 3 aromatic rings. The lowest BCUT2D eigenvalue weighted by molar-refractivity contribution is -0.134. The van der Waals surface area contributed by atoms with Crippen molar-refractivity contribution < 1.29 is 24.5 Å². The molecule has 1 aromatic carbocycles. The van der Waals surface area contributed by atoms with Crippen molar-refractivity contribution in [1.82, 2.24) is 14.8 Å². The van der Waals surface area contributed by atoms with E-state index in [1.807, 2.05) is 37.3 Å². The molecule has 0 saturated carbocycles. The Kier molecular flexibility index (Phi) is 8.13. The zero-order chi connectivity index (χ0) is 23.0. The van der Waals surface area contributed by atoms with Crippen molar-refractivity contribution in [2.75, 3.05) is 5.73 Å². The molecule has 4 N–H and O–H groups in total. The third-order valence-corrected chi connectivity index (χ3v) is 4.28. The zero-order valence-electron chi connectivity index (χ0n) is 17.6. The second-order valence-electron chi connectivity index (χ2n) is 7.20. The maximum Gasteiger partial charge on any atom is 0.328 e. The van der Waals surface area contributed by atoms with Crippen molar-refractivity contribution in [3.8, 4) is 5.88 Å². The van der Waals surface area contributed by atoms with E-state index < -0.39 is 11.9 Å². The van der Waals surface area contributed by atoms with Gasteiger partial charge in [-0.3, -0.25) is 0 Å². The molecular weight excluding hydrogens is 400 g/mol. The Morgan fingerprint density at radius 2 is 1.77 bits per heavy atom. The summed E-state index contributed by atoms with van der Waals surface area (Å²) in [6.45, 7) is 7.72. The van der Waals surface area contributed by atoms with Gasteiger partial charge in [0.15, 0.2) is 0 Å². The molecule has 31 heavy (non-hydrogen) atoms. The number of hydrogen-bond acceptors (Lipinski definition) is 6. The Bertz CT molecular complexity index is 1060. The number of benzene rings is 1. The van der Waals surface area contributed by atoms with Gasteiger partial charge in [-0.05, 0) is 18.4 Å². The Morgan fingerprint density at radius 1 is 1.16 bits per heavy atom. The van der Waals surface area contributed by atoms with Gasteiger partial charge in [0.1, 0.15) is 12.1 Å². The van der Waals surface area contributed by atoms with Crippen molar-refractivity contribution in [1.29, 1.82) is 0 Å². The molecule has 0 aliphatic heterocycles. The Hall–Kier alpha value is -3.88. The molecular formula is C22H26N4O5. The zero-order valence-corrected chi connectivity index (χ0v) is 17.6. The SMILES string of the molecule is Cc1c(N)c2cnnc(OCc3ccccc3)c2n1CC(C)C.O=C(O)/C=C/C(=O)O. The molecule has 0 spiro atoms. The highest BCUT2D eigenvalue weighted by Gasteiger charge is 2.18. The number of ether oxygens (including phenoxy) is 1. The third-order valence-electron chi connectivity index (χ3n) is 4.28. The number of carboxylic acids is 2. The van der Waals surface area contributed by atoms with Crippen LogP contribution < -0.4 is 10.5 Å². The fraction of sp³-hybridized carbons (Fsp3) is 0.273. The first-order valence-corrected chi connectivity index (χ1v) is 9.61. The molecule has 2 aromatic heterocycles. The van der Waals surface area contributed by atoms with E-state index in [1.165, 1.54) is 0 Å². The second kappa shape index (κ2) is 10.8. The monoisotopic (exact) mass is 426 g/mol. The molecule has 164 valence electrons. The third kappa shape index (κ3) is 6.56. The van der Waals surface area contributed by atoms with Crippen LogP contribution in [0.25, 0.3) is 10.9 Å². The van der Waals surface area contributed by atoms with Gasteiger partial charge in [-0.25, -0.2) is 9.59 Å². The van der Waals surface area contributed by atoms with Gasteiger partial charge in [-0.15, -0.1) is 5.10 Å². The predicted molar refractivity (Wildman–Crippen MR) is 117 cm³/mol. The van der Waals surface area contributed by atoms with E-state index in [9.17, 15) is 9.59 Å². The molecule has 0 radical (unpaired) electrons. The van der Waals surface area contributed by atoms with Crippen LogP contribution in [0.2, 0.25) is 0 Å². The lowest BCUT2D eigenvalue weighted by atomic mass is 10.2. The van der Waals surface area contributed by atoms with Crippen molar-refractivity contribution in [2.45, 2.75) is 33.9 Å². The van der Waals surface area contributed by atoms with E-state index in [1.54, 1.807) is 6.20 Å². The van der Waals surface area contributed by atoms with E-state index in [-0.39, 0.29) is 0 Å². The first-order chi connectivity index (χ1) is 14.7. The molecule has 0 fully saturated rings. The summed E-state index contributed by atoms with van der Waals surface area (Å²) in [7, 11) is 0. The van der Waals surface area contributed by atoms with E-state index in [0.29, 0.717) is 30.6 Å². The fourth-order valence-corrected chi connectivity index (χ4v) is 2.89. The van der Waals surface area contributed by atoms with Crippen LogP contribution in [0.3, 0.4) is 0 Å². The second-order valence-corrected chi connectivity index (χ2v) is 7.20. The number of nitrogens with zero attached hydrogens (tertiary/aromatic N) is 3. The van der Waals surface area contributed by atoms with E-state index in [2.05, 4.69) is 28.6 Å². The fourth-order valence-electron chi connectivity index (χ4n) is 2.89. The van der Waals surface area contributed by atoms with Gasteiger partial charge in [0.2, 0.25) is 0 Å². The van der Waals surface area contributed by atoms with Crippen LogP contribution in [0.15, 0.2) is 48.7 Å². The molecule has 9 heteroatoms. The van der Waals surface area contributed by atoms with E-state index in [0.717, 1.165) is 34.4 Å². The van der Waals surface area contributed by atoms with Gasteiger partial charge in [-0.1, -0.05) is 44.2 Å². The van der Waals surface area contributed by atoms with Crippen LogP contribution in [0.1, 0.15) is 25.1 Å². The van der Waals surface area contributed by atoms with Crippen molar-refractivity contribution in [3.63, 3.8) is 0 Å². The molecule has 3 rings (SSSR count). The summed E-state index contributed by atoms with van der Waals surface area (Å²) in [5, 5.41) is 24.8. The number of anilines is 1. The number of rotatable bonds is 7. The molecule has 9 nitrogen and oxygen atoms in total. The number of carboxylic acid groups (broad SMARTS) is 2. The highest BCUT2D eigenvalue weighted by molar-refractivity contribution is 5.95. The van der Waals surface area contributed by atoms with Crippen LogP contribution in [0.5, 0.6) is 5.88 Å². The molecule has 0 aliphatic rings. The number of nitrogens with two attached hydrogens (primary N) is 1. The lowest BCUT2D eigenvalue weighted by Crippen LogP contribution is -2.08. The summed E-state index contributed by atoms with van der Waals surface area (Å²) >= 11 is 0. The maximum absolute atomic E-state index is 9.55. The van der Waals surface area contributed by atoms with Gasteiger partial charge < -0.3 is 25.3 Å². The van der Waals surface area contributed by atoms with Crippen LogP contribution in [0, 0.1) is 12.8 Å². The normalized spacial score (nSPS) is 10.8. The van der Waals surface area contributed by atoms with Crippen LogP contribution >= 0.6 is 0 Å². The number of aliphatic carboxylic acids is 2. The van der Waals surface area contributed by atoms with Gasteiger partial charge in [0, 0.05) is 29.8 Å². The highest BCUT2D eigenvalue weighted by Crippen LogP contribution is 2.33. The highest BCUT2D eigenvalue weighted by atomic mass is 16.5. The molecule has 0 saturated heterocycles. The lowest BCUT2D eigenvalue weighted by Gasteiger charge is -2.13. The summed E-state index contributed by atoms with van der Waals surface area (Å²) in [5.74, 6) is -1.48. The molecule has 0 bridgehead atoms. The number of aromatic nitrogens is 3. The first kappa shape index (κ1) is 23.4. The maximum atomic E-state index is 9.55. The molecule has 0 atom stereocenters. The average Bonchev–Trinajstić information content (AvgIpc) is 2.97. The minimum Gasteiger partial charge on any atom is -0.478 e. The average molecular weight is 426 g/mol. The van der Waals surface area contributed by atoms with Crippen LogP contribution in [0.4, 0.5) is 5.69 Å². The number of carbonyl (C=O) groups is 2. The van der Waals surface area contributed by atoms with Gasteiger partial charge in [0.25, 0.3) is 5.88 Å². The molecule has 0 aliphatic carbocycles. The van der Waals surface area contributed by atoms with Crippen molar-refractivity contribution in [2.24, 2.45) is 5.92 Å². The summed E-state index contributed by atoms with van der Waals surface area (Å²) < 4.78 is 8.13. The Balaban J connectivity index is 0.000000366. The predicted octanol–water partition coefficient (Wildman–Crippen LogP) is 3.27. The topological polar surface area (TPSA) is 141 Å². The first-order valence-electron chi connectivity index (χ1n) is 9.61. The summed E-state index contributed by atoms with van der Waals surface area (Å²) in [4.78, 5) is 19.1. The summed E-state index contributed by atoms with van der Waals surface area (Å²) in [6, 6.07) is 10.0. The van der Waals surface area contributed by atoms with E-state index in [4.69, 9.17) is 20.7 Å². The number of hydrogen-bond donors (Lipinski definition) is 3. The largest absolute Gasteiger partial charge is 0.478 e. The minimum absolute atomic E-state index is 0.459. The quantitative estimate of drug-likeness (QED) is 0.489. The number of nitrogen functional groups attached to an aromatic ring is 1. The van der Waals surface area contributed by atoms with Gasteiger partial charge in [-0.2, -0.15) is 5.10 Å². The minimum atomic E-state index is -1.26. The molecule has 0 amide bonds. The number of fused-ring (bicyclic) bond motifs is 1. The van der Waals surface area contributed by atoms with Crippen LogP contribution in [-0.4, -0.2) is 36.9 Å². The van der Waals surface area contributed by atoms with E-state index >= 15 is 0 Å². The molecule has 2 heterocycles. The standard InChI is InChI=1S/C18H22N4O.C4H4O4/c1-12(2)10-22-13(3)16(19)15-9-20-21-18(17(15)22)23-11-14-7-5-4-6-8-14;5-3(6)1-2-4(7)8/h4-9,12H,10-11,19H2,1-3H3;1-2H,(H,5,6)(H,7,8)/b;2-1+. The van der Waals surface area contributed by atoms with Crippen molar-refractivity contribution >= 4 is 28.5 Å². The Morgan fingerprint density at radius 3 is 2.32 bits per heavy atom. The Labute approximate surface area is 179 Å². The van der Waals surface area contributed by atoms with Gasteiger partial charge in [0.05, 0.1) is 11.9 Å². The smallest absolute Gasteiger partial charge is 0.328 e. The summed E-state index contributed by atoms with van der Waals surface area (Å²) in [6.07, 6.45) is 2.83.